The summed E-state index contributed by atoms with van der Waals surface area (Å²) in [5.41, 5.74) is 0.695. The van der Waals surface area contributed by atoms with Crippen LogP contribution in [0.3, 0.4) is 0 Å². The second-order valence-corrected chi connectivity index (χ2v) is 13.6. The molecule has 4 fully saturated rings. The molecule has 3 amide bonds. The van der Waals surface area contributed by atoms with Gasteiger partial charge in [0.25, 0.3) is 17.7 Å². The maximum absolute atomic E-state index is 13.2. The molecule has 2 saturated carbocycles. The van der Waals surface area contributed by atoms with Crippen molar-refractivity contribution in [2.24, 2.45) is 4.99 Å². The summed E-state index contributed by atoms with van der Waals surface area (Å²) in [6, 6.07) is 6.05. The molecule has 4 unspecified atom stereocenters. The normalized spacial score (nSPS) is 30.1. The second-order valence-electron chi connectivity index (χ2n) is 13.6. The highest BCUT2D eigenvalue weighted by molar-refractivity contribution is 6.00. The van der Waals surface area contributed by atoms with Crippen LogP contribution in [-0.4, -0.2) is 143 Å². The van der Waals surface area contributed by atoms with Gasteiger partial charge in [-0.2, -0.15) is 0 Å². The lowest BCUT2D eigenvalue weighted by Crippen LogP contribution is -2.42. The molecule has 4 atom stereocenters. The van der Waals surface area contributed by atoms with Crippen molar-refractivity contribution in [3.05, 3.63) is 29.3 Å². The highest BCUT2D eigenvalue weighted by atomic mass is 16.6. The number of aliphatic imine (C=N–C) groups is 1. The summed E-state index contributed by atoms with van der Waals surface area (Å²) in [5, 5.41) is 15.6. The number of amides is 3. The van der Waals surface area contributed by atoms with E-state index >= 15 is 0 Å². The van der Waals surface area contributed by atoms with Crippen LogP contribution in [0.15, 0.2) is 23.2 Å². The van der Waals surface area contributed by atoms with Gasteiger partial charge in [-0.25, -0.2) is 4.99 Å². The van der Waals surface area contributed by atoms with Crippen molar-refractivity contribution < 1.29 is 38.4 Å². The van der Waals surface area contributed by atoms with Crippen molar-refractivity contribution in [1.82, 2.24) is 20.4 Å². The molecule has 0 spiro atoms. The number of carbonyl (C=O) groups excluding carboxylic acids is 3. The van der Waals surface area contributed by atoms with Crippen molar-refractivity contribution in [3.63, 3.8) is 0 Å². The van der Waals surface area contributed by atoms with Gasteiger partial charge < -0.3 is 44.5 Å². The Balaban J connectivity index is 0.000000395. The number of benzene rings is 1. The summed E-state index contributed by atoms with van der Waals surface area (Å²) in [6.45, 7) is 2.29. The number of methoxy groups -OCH3 is 1. The molecule has 0 aromatic heterocycles. The van der Waals surface area contributed by atoms with Gasteiger partial charge in [0.15, 0.2) is 6.61 Å². The summed E-state index contributed by atoms with van der Waals surface area (Å²) in [7, 11) is 9.99. The number of aliphatic hydroxyl groups is 1. The molecule has 1 aromatic rings. The molecule has 2 aliphatic heterocycles. The Morgan fingerprint density at radius 1 is 0.833 bits per heavy atom. The molecule has 48 heavy (non-hydrogen) atoms. The first kappa shape index (κ1) is 37.9. The van der Waals surface area contributed by atoms with Gasteiger partial charge in [-0.1, -0.05) is 0 Å². The number of fused-ring (bicyclic) bond motifs is 1. The fraction of sp³-hybridized carbons (Fsp3) is 0.714. The van der Waals surface area contributed by atoms with E-state index in [9.17, 15) is 19.5 Å². The Morgan fingerprint density at radius 3 is 1.79 bits per heavy atom. The SMILES string of the molecule is CC=NC(=O)COc1cc(C(=O)NC2CCC(N(C)C)CC2)cc(C(=O)NC2CCC(N(C)C)CC2)c1.COC1COC2C(O)COC12. The van der Waals surface area contributed by atoms with E-state index in [4.69, 9.17) is 18.9 Å². The van der Waals surface area contributed by atoms with Crippen LogP contribution in [0.5, 0.6) is 5.75 Å². The van der Waals surface area contributed by atoms with Crippen LogP contribution < -0.4 is 15.4 Å². The summed E-state index contributed by atoms with van der Waals surface area (Å²) < 4.78 is 21.3. The average molecular weight is 674 g/mol. The molecule has 13 heteroatoms. The number of carbonyl (C=O) groups is 3. The lowest BCUT2D eigenvalue weighted by molar-refractivity contribution is -0.119. The Morgan fingerprint density at radius 2 is 1.33 bits per heavy atom. The number of hydrogen-bond donors (Lipinski definition) is 3. The van der Waals surface area contributed by atoms with Gasteiger partial charge in [0.2, 0.25) is 0 Å². The number of rotatable bonds is 10. The van der Waals surface area contributed by atoms with Gasteiger partial charge in [-0.3, -0.25) is 14.4 Å². The first-order valence-electron chi connectivity index (χ1n) is 17.2. The molecule has 4 aliphatic rings. The van der Waals surface area contributed by atoms with Crippen LogP contribution in [0.1, 0.15) is 79.0 Å². The maximum Gasteiger partial charge on any atom is 0.283 e. The average Bonchev–Trinajstić information content (AvgIpc) is 3.66. The third-order valence-corrected chi connectivity index (χ3v) is 9.88. The van der Waals surface area contributed by atoms with Crippen molar-refractivity contribution in [1.29, 1.82) is 0 Å². The number of hydrogen-bond acceptors (Lipinski definition) is 10. The van der Waals surface area contributed by atoms with E-state index in [1.807, 2.05) is 0 Å². The predicted molar refractivity (Wildman–Crippen MR) is 182 cm³/mol. The summed E-state index contributed by atoms with van der Waals surface area (Å²) in [5.74, 6) is -0.613. The van der Waals surface area contributed by atoms with Gasteiger partial charge in [-0.05, 0) is 105 Å². The van der Waals surface area contributed by atoms with Crippen LogP contribution in [0, 0.1) is 0 Å². The van der Waals surface area contributed by atoms with Crippen LogP contribution >= 0.6 is 0 Å². The van der Waals surface area contributed by atoms with Crippen LogP contribution in [0.4, 0.5) is 0 Å². The molecule has 1 aromatic carbocycles. The largest absolute Gasteiger partial charge is 0.484 e. The van der Waals surface area contributed by atoms with E-state index in [0.29, 0.717) is 42.2 Å². The van der Waals surface area contributed by atoms with E-state index in [1.165, 1.54) is 6.21 Å². The Labute approximate surface area is 284 Å². The van der Waals surface area contributed by atoms with Crippen molar-refractivity contribution in [3.8, 4) is 5.75 Å². The summed E-state index contributed by atoms with van der Waals surface area (Å²) in [4.78, 5) is 46.4. The molecule has 5 rings (SSSR count). The van der Waals surface area contributed by atoms with Gasteiger partial charge in [0, 0.05) is 48.6 Å². The molecule has 2 saturated heterocycles. The number of nitrogens with one attached hydrogen (secondary N) is 2. The molecule has 3 N–H and O–H groups in total. The molecular formula is C35H55N5O8. The maximum atomic E-state index is 13.2. The summed E-state index contributed by atoms with van der Waals surface area (Å²) in [6.07, 6.45) is 8.49. The predicted octanol–water partition coefficient (Wildman–Crippen LogP) is 2.05. The number of nitrogens with zero attached hydrogens (tertiary/aromatic N) is 3. The van der Waals surface area contributed by atoms with Crippen LogP contribution in [-0.2, 0) is 19.0 Å². The topological polar surface area (TPSA) is 151 Å². The van der Waals surface area contributed by atoms with Crippen molar-refractivity contribution in [2.75, 3.05) is 55.1 Å². The molecule has 268 valence electrons. The standard InChI is InChI=1S/C28H43N5O4.C7H12O4/c1-6-29-26(34)18-37-25-16-19(27(35)30-21-7-11-23(12-8-21)32(2)3)15-20(17-25)28(36)31-22-9-13-24(14-10-22)33(4)5;1-9-5-3-11-6-4(8)2-10-7(5)6/h6,15-17,21-24H,7-14,18H2,1-5H3,(H,30,35)(H,31,36);4-8H,2-3H2,1H3. The van der Waals surface area contributed by atoms with Gasteiger partial charge in [-0.15, -0.1) is 0 Å². The van der Waals surface area contributed by atoms with Gasteiger partial charge in [0.1, 0.15) is 30.2 Å². The first-order valence-corrected chi connectivity index (χ1v) is 17.2. The second kappa shape index (κ2) is 18.2. The van der Waals surface area contributed by atoms with E-state index in [1.54, 1.807) is 32.2 Å². The first-order chi connectivity index (χ1) is 23.0. The Hall–Kier alpha value is -2.94. The monoisotopic (exact) mass is 673 g/mol. The van der Waals surface area contributed by atoms with Crippen LogP contribution in [0.2, 0.25) is 0 Å². The molecule has 0 bridgehead atoms. The van der Waals surface area contributed by atoms with E-state index in [0.717, 1.165) is 51.4 Å². The highest BCUT2D eigenvalue weighted by Crippen LogP contribution is 2.28. The van der Waals surface area contributed by atoms with Crippen LogP contribution in [0.25, 0.3) is 0 Å². The van der Waals surface area contributed by atoms with E-state index in [-0.39, 0.29) is 48.8 Å². The minimum absolute atomic E-state index is 0.00264. The lowest BCUT2D eigenvalue weighted by atomic mass is 9.90. The summed E-state index contributed by atoms with van der Waals surface area (Å²) >= 11 is 0. The van der Waals surface area contributed by atoms with E-state index < -0.39 is 12.0 Å². The zero-order valence-electron chi connectivity index (χ0n) is 29.4. The molecular weight excluding hydrogens is 618 g/mol. The fourth-order valence-electron chi connectivity index (χ4n) is 6.93. The van der Waals surface area contributed by atoms with Gasteiger partial charge >= 0.3 is 0 Å². The zero-order chi connectivity index (χ0) is 34.8. The Bertz CT molecular complexity index is 1180. The minimum atomic E-state index is -0.472. The number of aliphatic hydroxyl groups excluding tert-OH is 1. The molecule has 2 heterocycles. The quantitative estimate of drug-likeness (QED) is 0.315. The third kappa shape index (κ3) is 10.5. The smallest absolute Gasteiger partial charge is 0.283 e. The lowest BCUT2D eigenvalue weighted by Gasteiger charge is -2.33. The fourth-order valence-corrected chi connectivity index (χ4v) is 6.93. The molecule has 13 nitrogen and oxygen atoms in total. The van der Waals surface area contributed by atoms with E-state index in [2.05, 4.69) is 53.6 Å². The van der Waals surface area contributed by atoms with Gasteiger partial charge in [0.05, 0.1) is 13.2 Å². The molecule has 2 aliphatic carbocycles. The molecule has 0 radical (unpaired) electrons. The third-order valence-electron chi connectivity index (χ3n) is 9.88. The number of ether oxygens (including phenoxy) is 4. The highest BCUT2D eigenvalue weighted by Gasteiger charge is 2.47. The van der Waals surface area contributed by atoms with Crippen molar-refractivity contribution >= 4 is 23.9 Å². The minimum Gasteiger partial charge on any atom is -0.484 e. The zero-order valence-corrected chi connectivity index (χ0v) is 29.4. The van der Waals surface area contributed by atoms with Crippen molar-refractivity contribution in [2.45, 2.75) is 107 Å². The Kier molecular flexibility index (Phi) is 14.3.